The van der Waals surface area contributed by atoms with Crippen molar-refractivity contribution in [1.29, 1.82) is 0 Å². The summed E-state index contributed by atoms with van der Waals surface area (Å²) in [5, 5.41) is 8.03. The number of carbonyl (C=O) groups excluding carboxylic acids is 2. The molecule has 7 heteroatoms. The molecule has 3 heterocycles. The zero-order valence-electron chi connectivity index (χ0n) is 15.2. The van der Waals surface area contributed by atoms with Crippen LogP contribution < -0.4 is 5.32 Å². The van der Waals surface area contributed by atoms with E-state index in [1.807, 2.05) is 30.5 Å². The number of nitrogens with zero attached hydrogens (tertiary/aromatic N) is 2. The molecule has 0 fully saturated rings. The molecule has 0 saturated heterocycles. The molecule has 0 spiro atoms. The minimum atomic E-state index is -0.248. The van der Waals surface area contributed by atoms with Crippen molar-refractivity contribution in [1.82, 2.24) is 14.8 Å². The van der Waals surface area contributed by atoms with Crippen molar-refractivity contribution in [3.63, 3.8) is 0 Å². The second kappa shape index (κ2) is 7.40. The van der Waals surface area contributed by atoms with Gasteiger partial charge in [0.05, 0.1) is 18.4 Å². The zero-order valence-corrected chi connectivity index (χ0v) is 15.2. The van der Waals surface area contributed by atoms with Crippen LogP contribution in [0.3, 0.4) is 0 Å². The Morgan fingerprint density at radius 2 is 2.11 bits per heavy atom. The van der Waals surface area contributed by atoms with E-state index < -0.39 is 0 Å². The van der Waals surface area contributed by atoms with Crippen LogP contribution in [0.15, 0.2) is 65.5 Å². The van der Waals surface area contributed by atoms with Crippen molar-refractivity contribution in [3.8, 4) is 0 Å². The third-order valence-electron chi connectivity index (χ3n) is 4.26. The third kappa shape index (κ3) is 3.78. The lowest BCUT2D eigenvalue weighted by Gasteiger charge is -1.98. The van der Waals surface area contributed by atoms with Gasteiger partial charge in [0.15, 0.2) is 11.5 Å². The number of amides is 1. The summed E-state index contributed by atoms with van der Waals surface area (Å²) in [6.07, 6.45) is 8.38. The first-order valence-corrected chi connectivity index (χ1v) is 8.76. The van der Waals surface area contributed by atoms with Gasteiger partial charge < -0.3 is 14.7 Å². The average Bonchev–Trinajstić information content (AvgIpc) is 3.40. The van der Waals surface area contributed by atoms with Crippen LogP contribution in [-0.2, 0) is 11.3 Å². The predicted octanol–water partition coefficient (Wildman–Crippen LogP) is 3.86. The molecule has 140 valence electrons. The van der Waals surface area contributed by atoms with E-state index in [0.717, 1.165) is 16.5 Å². The fourth-order valence-electron chi connectivity index (χ4n) is 2.91. The first-order valence-electron chi connectivity index (χ1n) is 8.76. The molecule has 2 N–H and O–H groups in total. The van der Waals surface area contributed by atoms with Crippen LogP contribution in [0, 0.1) is 0 Å². The minimum Gasteiger partial charge on any atom is -0.456 e. The molecule has 0 aliphatic carbocycles. The highest BCUT2D eigenvalue weighted by Crippen LogP contribution is 2.19. The smallest absolute Gasteiger partial charge is 0.248 e. The zero-order chi connectivity index (χ0) is 19.5. The van der Waals surface area contributed by atoms with Crippen LogP contribution in [0.4, 0.5) is 5.69 Å². The van der Waals surface area contributed by atoms with Crippen molar-refractivity contribution in [2.45, 2.75) is 13.5 Å². The van der Waals surface area contributed by atoms with Gasteiger partial charge in [0.2, 0.25) is 5.91 Å². The Kier molecular flexibility index (Phi) is 4.63. The Bertz CT molecular complexity index is 1180. The first-order chi connectivity index (χ1) is 13.6. The maximum Gasteiger partial charge on any atom is 0.248 e. The number of benzene rings is 1. The molecular formula is C21H18N4O3. The standard InChI is InChI=1S/C21H18N4O3/c1-14(26)20-8-7-17(28-20)13-25-12-16(11-23-25)24-21(27)9-6-15-10-22-19-5-3-2-4-18(15)19/h2-12,22H,13H2,1H3,(H,24,27)/b9-6+. The lowest BCUT2D eigenvalue weighted by Crippen LogP contribution is -2.07. The van der Waals surface area contributed by atoms with Crippen molar-refractivity contribution in [3.05, 3.63) is 78.1 Å². The summed E-state index contributed by atoms with van der Waals surface area (Å²) in [7, 11) is 0. The van der Waals surface area contributed by atoms with Gasteiger partial charge in [-0.15, -0.1) is 0 Å². The lowest BCUT2D eigenvalue weighted by molar-refractivity contribution is -0.111. The van der Waals surface area contributed by atoms with Gasteiger partial charge in [-0.1, -0.05) is 18.2 Å². The molecule has 4 rings (SSSR count). The number of H-pyrrole nitrogens is 1. The molecule has 7 nitrogen and oxygen atoms in total. The van der Waals surface area contributed by atoms with Crippen LogP contribution in [0.2, 0.25) is 0 Å². The summed E-state index contributed by atoms with van der Waals surface area (Å²) in [5.74, 6) is 0.562. The largest absolute Gasteiger partial charge is 0.456 e. The maximum atomic E-state index is 12.2. The Hall–Kier alpha value is -3.87. The quantitative estimate of drug-likeness (QED) is 0.396. The van der Waals surface area contributed by atoms with Crippen molar-refractivity contribution < 1.29 is 14.0 Å². The van der Waals surface area contributed by atoms with E-state index in [4.69, 9.17) is 4.42 Å². The van der Waals surface area contributed by atoms with Crippen LogP contribution in [0.1, 0.15) is 28.8 Å². The number of aromatic nitrogens is 3. The van der Waals surface area contributed by atoms with Gasteiger partial charge >= 0.3 is 0 Å². The molecule has 0 aliphatic heterocycles. The fourth-order valence-corrected chi connectivity index (χ4v) is 2.91. The number of ketones is 1. The van der Waals surface area contributed by atoms with E-state index in [0.29, 0.717) is 23.8 Å². The molecule has 1 amide bonds. The molecule has 28 heavy (non-hydrogen) atoms. The lowest BCUT2D eigenvalue weighted by atomic mass is 10.1. The highest BCUT2D eigenvalue weighted by atomic mass is 16.3. The number of para-hydroxylation sites is 1. The van der Waals surface area contributed by atoms with Gasteiger partial charge in [0, 0.05) is 36.3 Å². The second-order valence-electron chi connectivity index (χ2n) is 6.36. The van der Waals surface area contributed by atoms with E-state index in [9.17, 15) is 9.59 Å². The number of aromatic amines is 1. The van der Waals surface area contributed by atoms with Crippen LogP contribution in [0.25, 0.3) is 17.0 Å². The summed E-state index contributed by atoms with van der Waals surface area (Å²) < 4.78 is 7.07. The van der Waals surface area contributed by atoms with Crippen LogP contribution in [-0.4, -0.2) is 26.5 Å². The third-order valence-corrected chi connectivity index (χ3v) is 4.26. The Balaban J connectivity index is 1.39. The topological polar surface area (TPSA) is 92.9 Å². The highest BCUT2D eigenvalue weighted by molar-refractivity contribution is 6.03. The number of hydrogen-bond donors (Lipinski definition) is 2. The van der Waals surface area contributed by atoms with Crippen molar-refractivity contribution in [2.75, 3.05) is 5.32 Å². The highest BCUT2D eigenvalue weighted by Gasteiger charge is 2.08. The Morgan fingerprint density at radius 3 is 2.93 bits per heavy atom. The summed E-state index contributed by atoms with van der Waals surface area (Å²) >= 11 is 0. The van der Waals surface area contributed by atoms with Crippen LogP contribution in [0.5, 0.6) is 0 Å². The molecule has 0 aliphatic rings. The second-order valence-corrected chi connectivity index (χ2v) is 6.36. The van der Waals surface area contributed by atoms with Gasteiger partial charge in [-0.2, -0.15) is 5.10 Å². The number of nitrogens with one attached hydrogen (secondary N) is 2. The van der Waals surface area contributed by atoms with Gasteiger partial charge in [-0.25, -0.2) is 0 Å². The van der Waals surface area contributed by atoms with E-state index in [1.165, 1.54) is 13.0 Å². The minimum absolute atomic E-state index is 0.123. The fraction of sp³-hybridized carbons (Fsp3) is 0.0952. The summed E-state index contributed by atoms with van der Waals surface area (Å²) in [5.41, 5.74) is 2.54. The van der Waals surface area contributed by atoms with Gasteiger partial charge in [-0.3, -0.25) is 14.3 Å². The molecule has 0 atom stereocenters. The Morgan fingerprint density at radius 1 is 1.25 bits per heavy atom. The van der Waals surface area contributed by atoms with Crippen molar-refractivity contribution in [2.24, 2.45) is 0 Å². The normalized spacial score (nSPS) is 11.3. The number of rotatable bonds is 6. The summed E-state index contributed by atoms with van der Waals surface area (Å²) in [4.78, 5) is 26.6. The molecular weight excluding hydrogens is 356 g/mol. The van der Waals surface area contributed by atoms with E-state index in [-0.39, 0.29) is 11.7 Å². The van der Waals surface area contributed by atoms with Crippen molar-refractivity contribution >= 4 is 34.4 Å². The molecule has 4 aromatic rings. The summed E-state index contributed by atoms with van der Waals surface area (Å²) in [6.45, 7) is 1.82. The van der Waals surface area contributed by atoms with Gasteiger partial charge in [-0.05, 0) is 29.8 Å². The molecule has 3 aromatic heterocycles. The number of anilines is 1. The predicted molar refractivity (Wildman–Crippen MR) is 106 cm³/mol. The first kappa shape index (κ1) is 17.5. The molecule has 1 aromatic carbocycles. The Labute approximate surface area is 160 Å². The number of furan rings is 1. The molecule has 0 unspecified atom stereocenters. The molecule has 0 saturated carbocycles. The van der Waals surface area contributed by atoms with Gasteiger partial charge in [0.25, 0.3) is 0 Å². The number of hydrogen-bond acceptors (Lipinski definition) is 4. The van der Waals surface area contributed by atoms with Gasteiger partial charge in [0.1, 0.15) is 5.76 Å². The average molecular weight is 374 g/mol. The monoisotopic (exact) mass is 374 g/mol. The summed E-state index contributed by atoms with van der Waals surface area (Å²) in [6, 6.07) is 11.3. The van der Waals surface area contributed by atoms with E-state index in [1.54, 1.807) is 35.3 Å². The molecule has 0 bridgehead atoms. The SMILES string of the molecule is CC(=O)c1ccc(Cn2cc(NC(=O)/C=C/c3c[nH]c4ccccc34)cn2)o1. The molecule has 0 radical (unpaired) electrons. The number of carbonyl (C=O) groups is 2. The maximum absolute atomic E-state index is 12.2. The number of Topliss-reactive ketones (excluding diaryl/α,β-unsaturated/α-hetero) is 1. The van der Waals surface area contributed by atoms with Crippen LogP contribution >= 0.6 is 0 Å². The van der Waals surface area contributed by atoms with E-state index in [2.05, 4.69) is 15.4 Å². The number of fused-ring (bicyclic) bond motifs is 1. The van der Waals surface area contributed by atoms with E-state index >= 15 is 0 Å².